The Morgan fingerprint density at radius 2 is 1.75 bits per heavy atom. The van der Waals surface area contributed by atoms with Gasteiger partial charge in [0, 0.05) is 16.6 Å². The lowest BCUT2D eigenvalue weighted by Crippen LogP contribution is -2.46. The summed E-state index contributed by atoms with van der Waals surface area (Å²) in [6.45, 7) is 18.7. The van der Waals surface area contributed by atoms with Crippen molar-refractivity contribution >= 4 is 41.1 Å². The van der Waals surface area contributed by atoms with Crippen molar-refractivity contribution in [3.8, 4) is 11.3 Å². The normalized spacial score (nSPS) is 11.9. The maximum atomic E-state index is 7.21. The lowest BCUT2D eigenvalue weighted by atomic mass is 10.00. The molecular formula is C23H24N3OSi+. The molecule has 0 atom stereocenters. The number of aryl methyl sites for hydroxylation is 3. The van der Waals surface area contributed by atoms with E-state index >= 15 is 0 Å². The molecule has 0 aliphatic rings. The van der Waals surface area contributed by atoms with Crippen molar-refractivity contribution in [3.63, 3.8) is 0 Å². The first kappa shape index (κ1) is 18.4. The van der Waals surface area contributed by atoms with Crippen LogP contribution in [-0.4, -0.2) is 13.1 Å². The zero-order valence-corrected chi connectivity index (χ0v) is 18.2. The van der Waals surface area contributed by atoms with E-state index in [0.717, 1.165) is 33.2 Å². The van der Waals surface area contributed by atoms with Gasteiger partial charge in [-0.05, 0) is 31.0 Å². The third-order valence-electron chi connectivity index (χ3n) is 5.36. The van der Waals surface area contributed by atoms with Crippen LogP contribution in [0, 0.1) is 20.4 Å². The van der Waals surface area contributed by atoms with Crippen LogP contribution in [0.4, 0.5) is 5.82 Å². The number of hydrogen-bond donors (Lipinski definition) is 0. The quantitative estimate of drug-likeness (QED) is 0.270. The van der Waals surface area contributed by atoms with Gasteiger partial charge in [0.15, 0.2) is 11.8 Å². The number of benzene rings is 1. The molecule has 0 aliphatic carbocycles. The van der Waals surface area contributed by atoms with Gasteiger partial charge in [0.25, 0.3) is 5.82 Å². The Labute approximate surface area is 166 Å². The van der Waals surface area contributed by atoms with Gasteiger partial charge >= 0.3 is 5.71 Å². The van der Waals surface area contributed by atoms with Crippen molar-refractivity contribution in [3.05, 3.63) is 59.1 Å². The topological polar surface area (TPSA) is 34.3 Å². The monoisotopic (exact) mass is 386 g/mol. The van der Waals surface area contributed by atoms with Crippen LogP contribution in [-0.2, 0) is 7.05 Å². The average Bonchev–Trinajstić information content (AvgIpc) is 3.00. The van der Waals surface area contributed by atoms with Crippen molar-refractivity contribution in [2.24, 2.45) is 7.05 Å². The highest BCUT2D eigenvalue weighted by Gasteiger charge is 2.27. The fraction of sp³-hybridized carbons (Fsp3) is 0.261. The third kappa shape index (κ3) is 2.81. The lowest BCUT2D eigenvalue weighted by molar-refractivity contribution is -0.659. The van der Waals surface area contributed by atoms with E-state index in [-0.39, 0.29) is 0 Å². The Morgan fingerprint density at radius 1 is 1.04 bits per heavy atom. The maximum Gasteiger partial charge on any atom is 0.322 e. The minimum Gasteiger partial charge on any atom is -0.419 e. The minimum atomic E-state index is -1.42. The van der Waals surface area contributed by atoms with E-state index < -0.39 is 8.07 Å². The number of hydrogen-bond acceptors (Lipinski definition) is 2. The number of aromatic nitrogens is 2. The van der Waals surface area contributed by atoms with Crippen molar-refractivity contribution in [1.82, 2.24) is 4.98 Å². The van der Waals surface area contributed by atoms with E-state index in [9.17, 15) is 0 Å². The molecule has 0 radical (unpaired) electrons. The van der Waals surface area contributed by atoms with Crippen LogP contribution < -0.4 is 9.75 Å². The van der Waals surface area contributed by atoms with Gasteiger partial charge in [-0.25, -0.2) is 4.57 Å². The largest absolute Gasteiger partial charge is 0.419 e. The Bertz CT molecular complexity index is 1290. The van der Waals surface area contributed by atoms with E-state index in [1.54, 1.807) is 6.07 Å². The Kier molecular flexibility index (Phi) is 4.13. The Morgan fingerprint density at radius 3 is 2.43 bits per heavy atom. The Hall–Kier alpha value is -2.97. The van der Waals surface area contributed by atoms with Gasteiger partial charge < -0.3 is 9.26 Å². The molecule has 4 aromatic rings. The second-order valence-electron chi connectivity index (χ2n) is 8.49. The molecule has 28 heavy (non-hydrogen) atoms. The summed E-state index contributed by atoms with van der Waals surface area (Å²) in [4.78, 5) is 7.79. The molecule has 4 rings (SSSR count). The van der Waals surface area contributed by atoms with Crippen molar-refractivity contribution < 1.29 is 8.98 Å². The lowest BCUT2D eigenvalue weighted by Gasteiger charge is -2.18. The zero-order chi connectivity index (χ0) is 20.2. The van der Waals surface area contributed by atoms with Crippen LogP contribution in [0.5, 0.6) is 0 Å². The second-order valence-corrected chi connectivity index (χ2v) is 13.5. The summed E-state index contributed by atoms with van der Waals surface area (Å²) in [7, 11) is 0.686. The van der Waals surface area contributed by atoms with E-state index in [1.165, 1.54) is 10.8 Å². The van der Waals surface area contributed by atoms with Crippen LogP contribution in [0.2, 0.25) is 19.6 Å². The summed E-state index contributed by atoms with van der Waals surface area (Å²) in [5, 5.41) is 3.45. The minimum absolute atomic E-state index is 0.353. The predicted molar refractivity (Wildman–Crippen MR) is 117 cm³/mol. The summed E-state index contributed by atoms with van der Waals surface area (Å²) in [5.41, 5.74) is 6.06. The molecule has 3 heterocycles. The summed E-state index contributed by atoms with van der Waals surface area (Å²) in [6.07, 6.45) is 2.28. The fourth-order valence-electron chi connectivity index (χ4n) is 3.97. The number of fused-ring (bicyclic) bond motifs is 3. The van der Waals surface area contributed by atoms with Crippen LogP contribution in [0.3, 0.4) is 0 Å². The average molecular weight is 387 g/mol. The first-order chi connectivity index (χ1) is 13.2. The smallest absolute Gasteiger partial charge is 0.322 e. The molecule has 0 amide bonds. The molecule has 1 aromatic carbocycles. The first-order valence-corrected chi connectivity index (χ1v) is 12.9. The van der Waals surface area contributed by atoms with Crippen LogP contribution in [0.15, 0.2) is 40.9 Å². The predicted octanol–water partition coefficient (Wildman–Crippen LogP) is 5.19. The molecule has 0 N–H and O–H groups in total. The van der Waals surface area contributed by atoms with Crippen molar-refractivity contribution in [1.29, 1.82) is 0 Å². The molecule has 0 spiro atoms. The molecule has 0 fully saturated rings. The van der Waals surface area contributed by atoms with Gasteiger partial charge in [-0.15, -0.1) is 0 Å². The fourth-order valence-corrected chi connectivity index (χ4v) is 5.81. The third-order valence-corrected chi connectivity index (χ3v) is 7.50. The van der Waals surface area contributed by atoms with Crippen molar-refractivity contribution in [2.75, 3.05) is 0 Å². The number of furan rings is 1. The molecular weight excluding hydrogens is 362 g/mol. The number of rotatable bonds is 2. The Balaban J connectivity index is 2.05. The summed E-state index contributed by atoms with van der Waals surface area (Å²) < 4.78 is 8.41. The molecule has 140 valence electrons. The van der Waals surface area contributed by atoms with E-state index in [4.69, 9.17) is 11.0 Å². The van der Waals surface area contributed by atoms with Gasteiger partial charge in [-0.1, -0.05) is 49.4 Å². The highest BCUT2D eigenvalue weighted by molar-refractivity contribution is 6.88. The van der Waals surface area contributed by atoms with Crippen molar-refractivity contribution in [2.45, 2.75) is 33.5 Å². The van der Waals surface area contributed by atoms with Crippen LogP contribution >= 0.6 is 0 Å². The van der Waals surface area contributed by atoms with E-state index in [2.05, 4.69) is 79.3 Å². The SMILES string of the molecule is [C-]#[N+]c1ccc2c(n1)oc1c(-c3cc(C)c([Si](C)(C)C)c[n+]3C)c(C)ccc12. The number of pyridine rings is 2. The summed E-state index contributed by atoms with van der Waals surface area (Å²) in [6, 6.07) is 10.2. The molecule has 0 saturated carbocycles. The maximum absolute atomic E-state index is 7.21. The molecule has 0 unspecified atom stereocenters. The highest BCUT2D eigenvalue weighted by Crippen LogP contribution is 2.37. The standard InChI is InChI=1S/C23H24N3OSi/c1-14-8-9-16-17-10-11-20(24-3)25-23(17)27-22(16)21(14)18-12-15(2)19(13-26(18)4)28(5,6)7/h8-13H,1-2,4-7H3/q+1. The molecule has 0 aliphatic heterocycles. The molecule has 5 heteroatoms. The molecule has 0 saturated heterocycles. The van der Waals surface area contributed by atoms with Gasteiger partial charge in [-0.2, -0.15) is 0 Å². The van der Waals surface area contributed by atoms with E-state index in [1.807, 2.05) is 6.07 Å². The second kappa shape index (κ2) is 6.28. The van der Waals surface area contributed by atoms with Gasteiger partial charge in [-0.3, -0.25) is 0 Å². The van der Waals surface area contributed by atoms with E-state index in [0.29, 0.717) is 11.5 Å². The number of nitrogens with zero attached hydrogens (tertiary/aromatic N) is 3. The summed E-state index contributed by atoms with van der Waals surface area (Å²) >= 11 is 0. The first-order valence-electron chi connectivity index (χ1n) is 9.42. The van der Waals surface area contributed by atoms with Crippen LogP contribution in [0.25, 0.3) is 38.2 Å². The van der Waals surface area contributed by atoms with Crippen LogP contribution in [0.1, 0.15) is 11.1 Å². The molecule has 4 nitrogen and oxygen atoms in total. The molecule has 3 aromatic heterocycles. The highest BCUT2D eigenvalue weighted by atomic mass is 28.3. The zero-order valence-electron chi connectivity index (χ0n) is 17.2. The summed E-state index contributed by atoms with van der Waals surface area (Å²) in [5.74, 6) is 0.353. The van der Waals surface area contributed by atoms with Gasteiger partial charge in [0.1, 0.15) is 7.05 Å². The van der Waals surface area contributed by atoms with Gasteiger partial charge in [0.2, 0.25) is 5.69 Å². The van der Waals surface area contributed by atoms with Gasteiger partial charge in [0.05, 0.1) is 19.0 Å². The molecule has 0 bridgehead atoms.